The summed E-state index contributed by atoms with van der Waals surface area (Å²) in [6.07, 6.45) is 4.97. The molecule has 0 spiro atoms. The number of aryl methyl sites for hydroxylation is 1. The molecule has 1 heterocycles. The molecule has 2 atom stereocenters. The standard InChI is InChI=1S/C17H23N3O2/c1-13-19-17(20-22-13)11-18-15-9-5-6-10-16(15)21-12-14-7-3-2-4-8-14/h2-4,7-8,15-16,18H,5-6,9-12H2,1H3/t15-,16-/m0/s1. The molecule has 1 N–H and O–H groups in total. The summed E-state index contributed by atoms with van der Waals surface area (Å²) in [5.74, 6) is 1.32. The van der Waals surface area contributed by atoms with Crippen molar-refractivity contribution in [1.29, 1.82) is 0 Å². The lowest BCUT2D eigenvalue weighted by Crippen LogP contribution is -2.43. The second-order valence-electron chi connectivity index (χ2n) is 5.84. The van der Waals surface area contributed by atoms with Crippen LogP contribution in [0.25, 0.3) is 0 Å². The van der Waals surface area contributed by atoms with Crippen LogP contribution >= 0.6 is 0 Å². The molecule has 1 aromatic carbocycles. The highest BCUT2D eigenvalue weighted by atomic mass is 16.5. The third-order valence-electron chi connectivity index (χ3n) is 4.10. The maximum atomic E-state index is 6.15. The van der Waals surface area contributed by atoms with Crippen LogP contribution in [-0.4, -0.2) is 22.3 Å². The lowest BCUT2D eigenvalue weighted by Gasteiger charge is -2.32. The number of hydrogen-bond donors (Lipinski definition) is 1. The van der Waals surface area contributed by atoms with Crippen molar-refractivity contribution in [3.63, 3.8) is 0 Å². The van der Waals surface area contributed by atoms with Gasteiger partial charge in [0.2, 0.25) is 5.89 Å². The Kier molecular flexibility index (Phi) is 5.19. The van der Waals surface area contributed by atoms with Crippen LogP contribution in [0.4, 0.5) is 0 Å². The molecule has 2 aromatic rings. The van der Waals surface area contributed by atoms with Crippen LogP contribution in [-0.2, 0) is 17.9 Å². The fourth-order valence-electron chi connectivity index (χ4n) is 2.94. The summed E-state index contributed by atoms with van der Waals surface area (Å²) < 4.78 is 11.2. The molecule has 1 aromatic heterocycles. The van der Waals surface area contributed by atoms with E-state index in [1.54, 1.807) is 0 Å². The largest absolute Gasteiger partial charge is 0.372 e. The molecule has 1 aliphatic carbocycles. The molecule has 0 saturated heterocycles. The first-order valence-electron chi connectivity index (χ1n) is 7.99. The van der Waals surface area contributed by atoms with Crippen molar-refractivity contribution < 1.29 is 9.26 Å². The van der Waals surface area contributed by atoms with Crippen molar-refractivity contribution in [2.24, 2.45) is 0 Å². The lowest BCUT2D eigenvalue weighted by molar-refractivity contribution is -0.00613. The molecule has 0 amide bonds. The van der Waals surface area contributed by atoms with Crippen LogP contribution in [0.15, 0.2) is 34.9 Å². The number of nitrogens with one attached hydrogen (secondary N) is 1. The summed E-state index contributed by atoms with van der Waals surface area (Å²) in [7, 11) is 0. The van der Waals surface area contributed by atoms with Crippen LogP contribution < -0.4 is 5.32 Å². The molecule has 22 heavy (non-hydrogen) atoms. The zero-order valence-electron chi connectivity index (χ0n) is 13.0. The third-order valence-corrected chi connectivity index (χ3v) is 4.10. The summed E-state index contributed by atoms with van der Waals surface area (Å²) in [4.78, 5) is 4.23. The molecule has 5 heteroatoms. The summed E-state index contributed by atoms with van der Waals surface area (Å²) in [5.41, 5.74) is 1.22. The Labute approximate surface area is 131 Å². The second kappa shape index (κ2) is 7.51. The van der Waals surface area contributed by atoms with Gasteiger partial charge in [0.05, 0.1) is 19.3 Å². The number of hydrogen-bond acceptors (Lipinski definition) is 5. The van der Waals surface area contributed by atoms with E-state index in [2.05, 4.69) is 27.6 Å². The maximum Gasteiger partial charge on any atom is 0.223 e. The molecule has 0 aliphatic heterocycles. The van der Waals surface area contributed by atoms with Crippen LogP contribution in [0.2, 0.25) is 0 Å². The van der Waals surface area contributed by atoms with Crippen molar-refractivity contribution in [3.05, 3.63) is 47.6 Å². The van der Waals surface area contributed by atoms with Crippen molar-refractivity contribution in [2.75, 3.05) is 0 Å². The highest BCUT2D eigenvalue weighted by Crippen LogP contribution is 2.22. The molecule has 0 bridgehead atoms. The Morgan fingerprint density at radius 1 is 1.23 bits per heavy atom. The molecule has 1 fully saturated rings. The first-order valence-corrected chi connectivity index (χ1v) is 7.99. The Morgan fingerprint density at radius 2 is 2.05 bits per heavy atom. The van der Waals surface area contributed by atoms with Crippen LogP contribution in [0.5, 0.6) is 0 Å². The average molecular weight is 301 g/mol. The van der Waals surface area contributed by atoms with E-state index in [-0.39, 0.29) is 6.10 Å². The zero-order chi connectivity index (χ0) is 15.2. The minimum Gasteiger partial charge on any atom is -0.372 e. The Balaban J connectivity index is 1.52. The Morgan fingerprint density at radius 3 is 2.82 bits per heavy atom. The van der Waals surface area contributed by atoms with Gasteiger partial charge in [-0.2, -0.15) is 4.98 Å². The molecule has 118 valence electrons. The van der Waals surface area contributed by atoms with E-state index in [1.807, 2.05) is 25.1 Å². The number of benzene rings is 1. The van der Waals surface area contributed by atoms with Crippen molar-refractivity contribution in [3.8, 4) is 0 Å². The van der Waals surface area contributed by atoms with Crippen molar-refractivity contribution in [1.82, 2.24) is 15.5 Å². The number of rotatable bonds is 6. The van der Waals surface area contributed by atoms with E-state index in [9.17, 15) is 0 Å². The average Bonchev–Trinajstić information content (AvgIpc) is 2.98. The van der Waals surface area contributed by atoms with Gasteiger partial charge in [-0.1, -0.05) is 48.3 Å². The second-order valence-corrected chi connectivity index (χ2v) is 5.84. The van der Waals surface area contributed by atoms with Gasteiger partial charge >= 0.3 is 0 Å². The topological polar surface area (TPSA) is 60.2 Å². The van der Waals surface area contributed by atoms with Crippen LogP contribution in [0, 0.1) is 6.92 Å². The van der Waals surface area contributed by atoms with Crippen molar-refractivity contribution >= 4 is 0 Å². The summed E-state index contributed by atoms with van der Waals surface area (Å²) in [6.45, 7) is 3.11. The first kappa shape index (κ1) is 15.2. The SMILES string of the molecule is Cc1nc(CN[C@H]2CCCC[C@@H]2OCc2ccccc2)no1. The minimum atomic E-state index is 0.252. The number of ether oxygens (including phenoxy) is 1. The Bertz CT molecular complexity index is 570. The van der Waals surface area contributed by atoms with Gasteiger partial charge in [0.1, 0.15) is 0 Å². The van der Waals surface area contributed by atoms with Crippen LogP contribution in [0.1, 0.15) is 43.0 Å². The molecule has 0 unspecified atom stereocenters. The highest BCUT2D eigenvalue weighted by Gasteiger charge is 2.25. The smallest absolute Gasteiger partial charge is 0.223 e. The summed E-state index contributed by atoms with van der Waals surface area (Å²) in [5, 5.41) is 7.46. The van der Waals surface area contributed by atoms with E-state index < -0.39 is 0 Å². The first-order chi connectivity index (χ1) is 10.8. The van der Waals surface area contributed by atoms with Gasteiger partial charge < -0.3 is 14.6 Å². The monoisotopic (exact) mass is 301 g/mol. The third kappa shape index (κ3) is 4.15. The van der Waals surface area contributed by atoms with E-state index in [4.69, 9.17) is 9.26 Å². The molecule has 0 radical (unpaired) electrons. The molecular weight excluding hydrogens is 278 g/mol. The van der Waals surface area contributed by atoms with Gasteiger partial charge in [-0.25, -0.2) is 0 Å². The summed E-state index contributed by atoms with van der Waals surface area (Å²) in [6, 6.07) is 10.7. The molecular formula is C17H23N3O2. The molecule has 3 rings (SSSR count). The van der Waals surface area contributed by atoms with Gasteiger partial charge in [0.25, 0.3) is 0 Å². The highest BCUT2D eigenvalue weighted by molar-refractivity contribution is 5.13. The molecule has 1 saturated carbocycles. The fourth-order valence-corrected chi connectivity index (χ4v) is 2.94. The number of aromatic nitrogens is 2. The van der Waals surface area contributed by atoms with E-state index >= 15 is 0 Å². The van der Waals surface area contributed by atoms with Gasteiger partial charge in [-0.15, -0.1) is 0 Å². The van der Waals surface area contributed by atoms with Gasteiger partial charge in [-0.3, -0.25) is 0 Å². The molecule has 1 aliphatic rings. The molecule has 5 nitrogen and oxygen atoms in total. The predicted molar refractivity (Wildman–Crippen MR) is 83.1 cm³/mol. The normalized spacial score (nSPS) is 21.9. The zero-order valence-corrected chi connectivity index (χ0v) is 13.0. The number of nitrogens with zero attached hydrogens (tertiary/aromatic N) is 2. The van der Waals surface area contributed by atoms with Crippen molar-refractivity contribution in [2.45, 2.75) is 57.9 Å². The minimum absolute atomic E-state index is 0.252. The van der Waals surface area contributed by atoms with E-state index in [0.29, 0.717) is 30.9 Å². The van der Waals surface area contributed by atoms with E-state index in [1.165, 1.54) is 18.4 Å². The fraction of sp³-hybridized carbons (Fsp3) is 0.529. The van der Waals surface area contributed by atoms with Gasteiger partial charge in [0, 0.05) is 13.0 Å². The van der Waals surface area contributed by atoms with E-state index in [0.717, 1.165) is 12.8 Å². The summed E-state index contributed by atoms with van der Waals surface area (Å²) >= 11 is 0. The van der Waals surface area contributed by atoms with Crippen LogP contribution in [0.3, 0.4) is 0 Å². The maximum absolute atomic E-state index is 6.15. The Hall–Kier alpha value is -1.72. The lowest BCUT2D eigenvalue weighted by atomic mass is 9.92. The van der Waals surface area contributed by atoms with Gasteiger partial charge in [0.15, 0.2) is 5.82 Å². The predicted octanol–water partition coefficient (Wildman–Crippen LogP) is 3.00. The quantitative estimate of drug-likeness (QED) is 0.888. The van der Waals surface area contributed by atoms with Gasteiger partial charge in [-0.05, 0) is 18.4 Å².